The number of carbonyl (C=O) groups is 1. The van der Waals surface area contributed by atoms with Gasteiger partial charge in [-0.2, -0.15) is 0 Å². The van der Waals surface area contributed by atoms with Gasteiger partial charge in [0, 0.05) is 10.2 Å². The lowest BCUT2D eigenvalue weighted by Gasteiger charge is -2.14. The van der Waals surface area contributed by atoms with Gasteiger partial charge in [-0.05, 0) is 67.5 Å². The predicted octanol–water partition coefficient (Wildman–Crippen LogP) is 6.32. The average molecular weight is 493 g/mol. The van der Waals surface area contributed by atoms with Crippen molar-refractivity contribution in [3.8, 4) is 11.5 Å². The molecule has 0 aromatic heterocycles. The minimum atomic E-state index is -0.319. The molecule has 0 aliphatic carbocycles. The lowest BCUT2D eigenvalue weighted by molar-refractivity contribution is 0.0973. The molecule has 0 aliphatic heterocycles. The van der Waals surface area contributed by atoms with E-state index in [1.165, 1.54) is 12.8 Å². The summed E-state index contributed by atoms with van der Waals surface area (Å²) >= 11 is 8.72. The second-order valence-corrected chi connectivity index (χ2v) is 8.15. The van der Waals surface area contributed by atoms with Gasteiger partial charge < -0.3 is 14.8 Å². The number of unbranched alkanes of at least 4 members (excludes halogenated alkanes) is 3. The molecule has 162 valence electrons. The average Bonchev–Trinajstić information content (AvgIpc) is 2.73. The highest BCUT2D eigenvalue weighted by molar-refractivity contribution is 9.10. The van der Waals surface area contributed by atoms with Crippen LogP contribution in [0.2, 0.25) is 0 Å². The van der Waals surface area contributed by atoms with Crippen LogP contribution in [0.25, 0.3) is 0 Å². The molecular formula is C23H29BrN2O3S. The Bertz CT molecular complexity index is 828. The highest BCUT2D eigenvalue weighted by atomic mass is 79.9. The quantitative estimate of drug-likeness (QED) is 0.283. The van der Waals surface area contributed by atoms with Gasteiger partial charge in [-0.15, -0.1) is 0 Å². The summed E-state index contributed by atoms with van der Waals surface area (Å²) in [6, 6.07) is 12.8. The molecule has 2 rings (SSSR count). The molecule has 7 heteroatoms. The van der Waals surface area contributed by atoms with E-state index in [9.17, 15) is 4.79 Å². The van der Waals surface area contributed by atoms with Crippen molar-refractivity contribution in [1.82, 2.24) is 5.32 Å². The van der Waals surface area contributed by atoms with Crippen LogP contribution >= 0.6 is 28.1 Å². The summed E-state index contributed by atoms with van der Waals surface area (Å²) in [5, 5.41) is 5.96. The summed E-state index contributed by atoms with van der Waals surface area (Å²) in [5.74, 6) is 1.03. The maximum Gasteiger partial charge on any atom is 0.261 e. The van der Waals surface area contributed by atoms with E-state index in [4.69, 9.17) is 21.7 Å². The van der Waals surface area contributed by atoms with Gasteiger partial charge in [-0.1, -0.05) is 49.0 Å². The molecular weight excluding hydrogens is 464 g/mol. The maximum absolute atomic E-state index is 12.8. The Hall–Kier alpha value is -2.12. The number of ether oxygens (including phenoxy) is 2. The smallest absolute Gasteiger partial charge is 0.261 e. The van der Waals surface area contributed by atoms with E-state index in [-0.39, 0.29) is 11.0 Å². The van der Waals surface area contributed by atoms with E-state index < -0.39 is 0 Å². The lowest BCUT2D eigenvalue weighted by Crippen LogP contribution is -2.34. The molecule has 0 bridgehead atoms. The van der Waals surface area contributed by atoms with Gasteiger partial charge in [-0.25, -0.2) is 0 Å². The third-order valence-electron chi connectivity index (χ3n) is 4.25. The number of anilines is 1. The van der Waals surface area contributed by atoms with Gasteiger partial charge in [0.05, 0.1) is 18.8 Å². The SMILES string of the molecule is CCCCCCOc1ccc(Br)cc1C(=O)NC(=S)Nc1ccc(OCCC)cc1. The fourth-order valence-corrected chi connectivity index (χ4v) is 3.28. The van der Waals surface area contributed by atoms with E-state index in [0.717, 1.165) is 35.2 Å². The molecule has 2 aromatic rings. The van der Waals surface area contributed by atoms with Crippen molar-refractivity contribution < 1.29 is 14.3 Å². The van der Waals surface area contributed by atoms with Crippen molar-refractivity contribution >= 4 is 44.9 Å². The topological polar surface area (TPSA) is 59.6 Å². The predicted molar refractivity (Wildman–Crippen MR) is 130 cm³/mol. The normalized spacial score (nSPS) is 10.4. The van der Waals surface area contributed by atoms with Crippen LogP contribution in [0.4, 0.5) is 5.69 Å². The van der Waals surface area contributed by atoms with Crippen LogP contribution in [-0.4, -0.2) is 24.2 Å². The van der Waals surface area contributed by atoms with Crippen molar-refractivity contribution in [2.24, 2.45) is 0 Å². The van der Waals surface area contributed by atoms with Crippen LogP contribution in [0, 0.1) is 0 Å². The van der Waals surface area contributed by atoms with Crippen LogP contribution < -0.4 is 20.1 Å². The van der Waals surface area contributed by atoms with E-state index in [2.05, 4.69) is 40.4 Å². The van der Waals surface area contributed by atoms with Crippen molar-refractivity contribution in [3.63, 3.8) is 0 Å². The molecule has 0 saturated carbocycles. The van der Waals surface area contributed by atoms with Crippen molar-refractivity contribution in [1.29, 1.82) is 0 Å². The van der Waals surface area contributed by atoms with Crippen molar-refractivity contribution in [3.05, 3.63) is 52.5 Å². The summed E-state index contributed by atoms with van der Waals surface area (Å²) in [6.45, 7) is 5.49. The molecule has 0 aliphatic rings. The van der Waals surface area contributed by atoms with Crippen molar-refractivity contribution in [2.45, 2.75) is 46.0 Å². The largest absolute Gasteiger partial charge is 0.494 e. The van der Waals surface area contributed by atoms with E-state index in [1.807, 2.05) is 30.3 Å². The minimum Gasteiger partial charge on any atom is -0.494 e. The summed E-state index contributed by atoms with van der Waals surface area (Å²) in [5.41, 5.74) is 1.21. The number of rotatable bonds is 11. The molecule has 5 nitrogen and oxygen atoms in total. The van der Waals surface area contributed by atoms with Crippen LogP contribution in [0.1, 0.15) is 56.3 Å². The molecule has 30 heavy (non-hydrogen) atoms. The van der Waals surface area contributed by atoms with Gasteiger partial charge in [-0.3, -0.25) is 10.1 Å². The number of benzene rings is 2. The van der Waals surface area contributed by atoms with Gasteiger partial charge in [0.15, 0.2) is 5.11 Å². The van der Waals surface area contributed by atoms with Gasteiger partial charge in [0.1, 0.15) is 11.5 Å². The number of halogens is 1. The Balaban J connectivity index is 1.94. The molecule has 0 heterocycles. The molecule has 2 aromatic carbocycles. The van der Waals surface area contributed by atoms with E-state index >= 15 is 0 Å². The summed E-state index contributed by atoms with van der Waals surface area (Å²) < 4.78 is 12.2. The molecule has 0 saturated heterocycles. The summed E-state index contributed by atoms with van der Waals surface area (Å²) in [7, 11) is 0. The number of hydrogen-bond acceptors (Lipinski definition) is 4. The van der Waals surface area contributed by atoms with Gasteiger partial charge in [0.2, 0.25) is 0 Å². The Labute approximate surface area is 192 Å². The molecule has 1 amide bonds. The second-order valence-electron chi connectivity index (χ2n) is 6.83. The number of thiocarbonyl (C=S) groups is 1. The fraction of sp³-hybridized carbons (Fsp3) is 0.391. The summed E-state index contributed by atoms with van der Waals surface area (Å²) in [6.07, 6.45) is 5.39. The van der Waals surface area contributed by atoms with Crippen LogP contribution in [0.5, 0.6) is 11.5 Å². The highest BCUT2D eigenvalue weighted by Gasteiger charge is 2.15. The first-order chi connectivity index (χ1) is 14.5. The number of hydrogen-bond donors (Lipinski definition) is 2. The van der Waals surface area contributed by atoms with E-state index in [1.54, 1.807) is 12.1 Å². The molecule has 0 spiro atoms. The minimum absolute atomic E-state index is 0.219. The molecule has 2 N–H and O–H groups in total. The molecule has 0 unspecified atom stereocenters. The third-order valence-corrected chi connectivity index (χ3v) is 4.95. The Morgan fingerprint density at radius 3 is 2.43 bits per heavy atom. The van der Waals surface area contributed by atoms with Gasteiger partial charge >= 0.3 is 0 Å². The number of amides is 1. The fourth-order valence-electron chi connectivity index (χ4n) is 2.70. The standard InChI is InChI=1S/C23H29BrN2O3S/c1-3-5-6-7-15-29-21-13-8-17(24)16-20(21)22(27)26-23(30)25-18-9-11-19(12-10-18)28-14-4-2/h8-13,16H,3-7,14-15H2,1-2H3,(H2,25,26,27,30). The highest BCUT2D eigenvalue weighted by Crippen LogP contribution is 2.24. The van der Waals surface area contributed by atoms with Crippen LogP contribution in [-0.2, 0) is 0 Å². The zero-order valence-corrected chi connectivity index (χ0v) is 19.9. The Kier molecular flexibility index (Phi) is 10.7. The zero-order chi connectivity index (χ0) is 21.8. The summed E-state index contributed by atoms with van der Waals surface area (Å²) in [4.78, 5) is 12.8. The first-order valence-corrected chi connectivity index (χ1v) is 11.5. The van der Waals surface area contributed by atoms with Crippen LogP contribution in [0.15, 0.2) is 46.9 Å². The first kappa shape index (κ1) is 24.2. The van der Waals surface area contributed by atoms with Crippen molar-refractivity contribution in [2.75, 3.05) is 18.5 Å². The molecule has 0 atom stereocenters. The monoisotopic (exact) mass is 492 g/mol. The second kappa shape index (κ2) is 13.2. The lowest BCUT2D eigenvalue weighted by atomic mass is 10.2. The molecule has 0 radical (unpaired) electrons. The Morgan fingerprint density at radius 1 is 0.967 bits per heavy atom. The first-order valence-electron chi connectivity index (χ1n) is 10.3. The van der Waals surface area contributed by atoms with E-state index in [0.29, 0.717) is 24.5 Å². The zero-order valence-electron chi connectivity index (χ0n) is 17.5. The van der Waals surface area contributed by atoms with Crippen LogP contribution in [0.3, 0.4) is 0 Å². The number of carbonyl (C=O) groups excluding carboxylic acids is 1. The molecule has 0 fully saturated rings. The third kappa shape index (κ3) is 8.32. The number of nitrogens with one attached hydrogen (secondary N) is 2. The Morgan fingerprint density at radius 2 is 1.73 bits per heavy atom. The maximum atomic E-state index is 12.8. The van der Waals surface area contributed by atoms with Gasteiger partial charge in [0.25, 0.3) is 5.91 Å².